The minimum Gasteiger partial charge on any atom is -0.353 e. The number of aromatic nitrogens is 2. The Bertz CT molecular complexity index is 1740. The number of aryl methyl sites for hydroxylation is 2. The molecule has 5 rings (SSSR count). The predicted molar refractivity (Wildman–Crippen MR) is 149 cm³/mol. The van der Waals surface area contributed by atoms with E-state index in [-0.39, 0.29) is 11.6 Å². The van der Waals surface area contributed by atoms with Crippen molar-refractivity contribution in [1.82, 2.24) is 9.97 Å². The number of Topliss-reactive ketones (excluding diaryl/α,β-unsaturated/α-hetero) is 1. The number of carbonyl (C=O) groups excluding carboxylic acids is 1. The molecule has 0 radical (unpaired) electrons. The summed E-state index contributed by atoms with van der Waals surface area (Å²) in [6, 6.07) is 19.2. The van der Waals surface area contributed by atoms with Crippen molar-refractivity contribution >= 4 is 32.2 Å². The summed E-state index contributed by atoms with van der Waals surface area (Å²) >= 11 is 0. The van der Waals surface area contributed by atoms with E-state index in [1.54, 1.807) is 61.5 Å². The van der Waals surface area contributed by atoms with Gasteiger partial charge in [-0.2, -0.15) is 0 Å². The summed E-state index contributed by atoms with van der Waals surface area (Å²) in [5, 5.41) is -0.739. The summed E-state index contributed by atoms with van der Waals surface area (Å²) in [7, 11) is -3.69. The van der Waals surface area contributed by atoms with Crippen LogP contribution in [0, 0.1) is 19.3 Å². The minimum atomic E-state index is -3.69. The van der Waals surface area contributed by atoms with Crippen molar-refractivity contribution in [1.29, 1.82) is 0 Å². The molecule has 4 aromatic rings. The molecule has 1 heterocycles. The fourth-order valence-electron chi connectivity index (χ4n) is 5.33. The Hall–Kier alpha value is -4.22. The molecule has 2 atom stereocenters. The van der Waals surface area contributed by atoms with Gasteiger partial charge in [-0.15, -0.1) is 6.42 Å². The van der Waals surface area contributed by atoms with E-state index in [1.807, 2.05) is 12.1 Å². The Labute approximate surface area is 221 Å². The van der Waals surface area contributed by atoms with E-state index in [0.29, 0.717) is 34.4 Å². The molecule has 38 heavy (non-hydrogen) atoms. The number of nitrogens with zero attached hydrogens (tertiary/aromatic N) is 2. The molecule has 0 aliphatic heterocycles. The van der Waals surface area contributed by atoms with Gasteiger partial charge in [-0.1, -0.05) is 36.3 Å². The Kier molecular flexibility index (Phi) is 6.64. The van der Waals surface area contributed by atoms with Gasteiger partial charge < -0.3 is 9.88 Å². The van der Waals surface area contributed by atoms with Gasteiger partial charge in [0.2, 0.25) is 0 Å². The van der Waals surface area contributed by atoms with Gasteiger partial charge in [0.05, 0.1) is 23.5 Å². The molecular weight excluding hydrogens is 498 g/mol. The van der Waals surface area contributed by atoms with Gasteiger partial charge in [0.25, 0.3) is 5.56 Å². The standard InChI is InChI=1S/C30H27N3O4S/c1-4-16-33(27-15-12-22-17-26-25(18-24(22)27)30(35)32-19(2)31-26)23-13-10-20(11-14-23)28(34)29(38(3,36)37)21-8-6-5-7-9-21/h1,5-11,13-14,17-18,27,29H,12,15-16H2,2-3H3,(H,31,32,35)/t27-,29?/m0/s1. The van der Waals surface area contributed by atoms with Crippen molar-refractivity contribution in [2.75, 3.05) is 17.7 Å². The van der Waals surface area contributed by atoms with Crippen LogP contribution in [-0.4, -0.2) is 37.0 Å². The monoisotopic (exact) mass is 525 g/mol. The van der Waals surface area contributed by atoms with Crippen LogP contribution in [0.25, 0.3) is 10.9 Å². The normalized spacial score (nSPS) is 15.6. The van der Waals surface area contributed by atoms with E-state index in [9.17, 15) is 18.0 Å². The van der Waals surface area contributed by atoms with Crippen molar-refractivity contribution in [2.24, 2.45) is 0 Å². The number of benzene rings is 3. The first-order valence-corrected chi connectivity index (χ1v) is 14.2. The predicted octanol–water partition coefficient (Wildman–Crippen LogP) is 4.33. The van der Waals surface area contributed by atoms with E-state index in [2.05, 4.69) is 20.8 Å². The van der Waals surface area contributed by atoms with Crippen LogP contribution in [0.4, 0.5) is 5.69 Å². The fourth-order valence-corrected chi connectivity index (χ4v) is 6.51. The average molecular weight is 526 g/mol. The SMILES string of the molecule is C#CCN(c1ccc(C(=O)C(c2ccccc2)S(C)(=O)=O)cc1)[C@H]1CCc2cc3nc(C)[nH]c(=O)c3cc21. The molecule has 3 aromatic carbocycles. The molecule has 7 nitrogen and oxygen atoms in total. The highest BCUT2D eigenvalue weighted by Gasteiger charge is 2.32. The molecule has 1 unspecified atom stereocenters. The third-order valence-electron chi connectivity index (χ3n) is 7.02. The zero-order valence-corrected chi connectivity index (χ0v) is 22.0. The van der Waals surface area contributed by atoms with Crippen molar-refractivity contribution in [2.45, 2.75) is 31.1 Å². The highest BCUT2D eigenvalue weighted by molar-refractivity contribution is 7.91. The summed E-state index contributed by atoms with van der Waals surface area (Å²) in [6.07, 6.45) is 8.46. The highest BCUT2D eigenvalue weighted by Crippen LogP contribution is 2.39. The number of ketones is 1. The largest absolute Gasteiger partial charge is 0.353 e. The number of aromatic amines is 1. The van der Waals surface area contributed by atoms with Gasteiger partial charge in [0, 0.05) is 17.5 Å². The Morgan fingerprint density at radius 2 is 1.87 bits per heavy atom. The van der Waals surface area contributed by atoms with E-state index >= 15 is 0 Å². The lowest BCUT2D eigenvalue weighted by Crippen LogP contribution is -2.28. The number of sulfone groups is 1. The van der Waals surface area contributed by atoms with Crippen LogP contribution in [0.2, 0.25) is 0 Å². The molecule has 0 spiro atoms. The topological polar surface area (TPSA) is 100 Å². The number of anilines is 1. The second kappa shape index (κ2) is 9.92. The average Bonchev–Trinajstić information content (AvgIpc) is 3.28. The first-order chi connectivity index (χ1) is 18.2. The van der Waals surface area contributed by atoms with Gasteiger partial charge in [0.15, 0.2) is 15.6 Å². The van der Waals surface area contributed by atoms with Gasteiger partial charge in [-0.05, 0) is 72.9 Å². The number of carbonyl (C=O) groups is 1. The van der Waals surface area contributed by atoms with Crippen LogP contribution in [0.1, 0.15) is 50.6 Å². The molecule has 0 fully saturated rings. The first kappa shape index (κ1) is 25.4. The number of hydrogen-bond acceptors (Lipinski definition) is 6. The van der Waals surface area contributed by atoms with Gasteiger partial charge in [-0.25, -0.2) is 13.4 Å². The molecule has 1 aromatic heterocycles. The molecule has 0 saturated heterocycles. The molecule has 8 heteroatoms. The highest BCUT2D eigenvalue weighted by atomic mass is 32.2. The zero-order valence-electron chi connectivity index (χ0n) is 21.1. The number of H-pyrrole nitrogens is 1. The summed E-state index contributed by atoms with van der Waals surface area (Å²) in [5.41, 5.74) is 4.22. The zero-order chi connectivity index (χ0) is 27.0. The summed E-state index contributed by atoms with van der Waals surface area (Å²) in [6.45, 7) is 2.09. The fraction of sp³-hybridized carbons (Fsp3) is 0.233. The van der Waals surface area contributed by atoms with Crippen LogP contribution in [0.15, 0.2) is 71.5 Å². The van der Waals surface area contributed by atoms with Crippen LogP contribution < -0.4 is 10.5 Å². The quantitative estimate of drug-likeness (QED) is 0.285. The Balaban J connectivity index is 1.49. The van der Waals surface area contributed by atoms with Gasteiger partial charge >= 0.3 is 0 Å². The molecule has 1 N–H and O–H groups in total. The lowest BCUT2D eigenvalue weighted by Gasteiger charge is -2.30. The second-order valence-electron chi connectivity index (χ2n) is 9.64. The number of nitrogens with one attached hydrogen (secondary N) is 1. The minimum absolute atomic E-state index is 0.0548. The lowest BCUT2D eigenvalue weighted by atomic mass is 10.0. The summed E-state index contributed by atoms with van der Waals surface area (Å²) in [4.78, 5) is 35.2. The van der Waals surface area contributed by atoms with Gasteiger partial charge in [-0.3, -0.25) is 9.59 Å². The number of fused-ring (bicyclic) bond motifs is 2. The maximum Gasteiger partial charge on any atom is 0.258 e. The third kappa shape index (κ3) is 4.73. The molecule has 0 saturated carbocycles. The van der Waals surface area contributed by atoms with Crippen molar-refractivity contribution in [3.63, 3.8) is 0 Å². The number of rotatable bonds is 7. The molecule has 1 aliphatic carbocycles. The molecule has 192 valence electrons. The summed E-state index contributed by atoms with van der Waals surface area (Å²) in [5.74, 6) is 2.82. The van der Waals surface area contributed by atoms with Crippen LogP contribution >= 0.6 is 0 Å². The van der Waals surface area contributed by atoms with Crippen LogP contribution in [0.3, 0.4) is 0 Å². The molecule has 0 bridgehead atoms. The molecule has 1 aliphatic rings. The lowest BCUT2D eigenvalue weighted by molar-refractivity contribution is 0.0987. The first-order valence-electron chi connectivity index (χ1n) is 12.3. The number of terminal acetylenes is 1. The maximum atomic E-state index is 13.3. The van der Waals surface area contributed by atoms with Crippen LogP contribution in [0.5, 0.6) is 0 Å². The van der Waals surface area contributed by atoms with Crippen LogP contribution in [-0.2, 0) is 16.3 Å². The third-order valence-corrected chi connectivity index (χ3v) is 8.36. The van der Waals surface area contributed by atoms with Crippen molar-refractivity contribution in [3.05, 3.63) is 105 Å². The smallest absolute Gasteiger partial charge is 0.258 e. The van der Waals surface area contributed by atoms with Gasteiger partial charge in [0.1, 0.15) is 11.1 Å². The molecular formula is C30H27N3O4S. The van der Waals surface area contributed by atoms with E-state index in [4.69, 9.17) is 6.42 Å². The Morgan fingerprint density at radius 3 is 2.53 bits per heavy atom. The Morgan fingerprint density at radius 1 is 1.16 bits per heavy atom. The molecule has 0 amide bonds. The number of hydrogen-bond donors (Lipinski definition) is 1. The van der Waals surface area contributed by atoms with Crippen molar-refractivity contribution < 1.29 is 13.2 Å². The second-order valence-corrected chi connectivity index (χ2v) is 11.8. The summed E-state index contributed by atoms with van der Waals surface area (Å²) < 4.78 is 25.1. The van der Waals surface area contributed by atoms with E-state index < -0.39 is 20.9 Å². The maximum absolute atomic E-state index is 13.3. The van der Waals surface area contributed by atoms with E-state index in [0.717, 1.165) is 35.9 Å². The van der Waals surface area contributed by atoms with Crippen molar-refractivity contribution in [3.8, 4) is 12.3 Å². The van der Waals surface area contributed by atoms with E-state index in [1.165, 1.54) is 0 Å².